The summed E-state index contributed by atoms with van der Waals surface area (Å²) in [6, 6.07) is 17.5. The summed E-state index contributed by atoms with van der Waals surface area (Å²) in [5.41, 5.74) is 3.42. The zero-order chi connectivity index (χ0) is 21.6. The molecule has 0 atom stereocenters. The first-order chi connectivity index (χ1) is 15.1. The highest BCUT2D eigenvalue weighted by Crippen LogP contribution is 2.30. The van der Waals surface area contributed by atoms with Crippen molar-refractivity contribution >= 4 is 0 Å². The van der Waals surface area contributed by atoms with Gasteiger partial charge >= 0.3 is 0 Å². The van der Waals surface area contributed by atoms with E-state index in [0.717, 1.165) is 56.0 Å². The molecule has 1 saturated heterocycles. The Labute approximate surface area is 183 Å². The van der Waals surface area contributed by atoms with Crippen LogP contribution in [-0.2, 0) is 6.54 Å². The number of H-pyrrole nitrogens is 1. The Morgan fingerprint density at radius 2 is 1.81 bits per heavy atom. The van der Waals surface area contributed by atoms with Crippen LogP contribution in [0.3, 0.4) is 0 Å². The molecule has 1 aromatic heterocycles. The maximum atomic E-state index is 12.5. The molecule has 0 radical (unpaired) electrons. The number of aromatic amines is 1. The summed E-state index contributed by atoms with van der Waals surface area (Å²) in [5.74, 6) is 1.29. The normalized spacial score (nSPS) is 15.2. The van der Waals surface area contributed by atoms with Crippen molar-refractivity contribution in [2.24, 2.45) is 0 Å². The molecule has 0 aliphatic carbocycles. The van der Waals surface area contributed by atoms with E-state index in [4.69, 9.17) is 9.72 Å². The molecular weight excluding hydrogens is 388 g/mol. The maximum absolute atomic E-state index is 12.5. The average molecular weight is 419 g/mol. The van der Waals surface area contributed by atoms with Gasteiger partial charge in [-0.3, -0.25) is 9.69 Å². The van der Waals surface area contributed by atoms with Gasteiger partial charge in [0.15, 0.2) is 0 Å². The zero-order valence-electron chi connectivity index (χ0n) is 18.3. The maximum Gasteiger partial charge on any atom is 0.251 e. The number of likely N-dealkylation sites (N-methyl/N-ethyl adjacent to an activating group) is 1. The second-order valence-corrected chi connectivity index (χ2v) is 8.10. The first-order valence-electron chi connectivity index (χ1n) is 11.0. The molecule has 6 heteroatoms. The molecule has 31 heavy (non-hydrogen) atoms. The lowest BCUT2D eigenvalue weighted by Gasteiger charge is -2.32. The number of aromatic nitrogens is 2. The fourth-order valence-corrected chi connectivity index (χ4v) is 3.80. The number of hydrogen-bond acceptors (Lipinski definition) is 5. The van der Waals surface area contributed by atoms with Crippen molar-refractivity contribution in [3.63, 3.8) is 0 Å². The minimum absolute atomic E-state index is 0.172. The summed E-state index contributed by atoms with van der Waals surface area (Å²) in [5, 5.41) is 0. The molecule has 0 amide bonds. The van der Waals surface area contributed by atoms with Gasteiger partial charge in [-0.05, 0) is 31.2 Å². The number of ether oxygens (including phenoxy) is 1. The van der Waals surface area contributed by atoms with Crippen LogP contribution >= 0.6 is 0 Å². The minimum atomic E-state index is -0.172. The largest absolute Gasteiger partial charge is 0.493 e. The van der Waals surface area contributed by atoms with Gasteiger partial charge in [-0.2, -0.15) is 0 Å². The zero-order valence-corrected chi connectivity index (χ0v) is 18.3. The van der Waals surface area contributed by atoms with Crippen LogP contribution in [0.4, 0.5) is 0 Å². The third kappa shape index (κ3) is 5.40. The van der Waals surface area contributed by atoms with Gasteiger partial charge in [-0.1, -0.05) is 43.3 Å². The van der Waals surface area contributed by atoms with Crippen LogP contribution in [0.5, 0.6) is 5.75 Å². The molecule has 1 fully saturated rings. The Morgan fingerprint density at radius 3 is 2.55 bits per heavy atom. The van der Waals surface area contributed by atoms with Crippen LogP contribution in [0.15, 0.2) is 59.4 Å². The van der Waals surface area contributed by atoms with Crippen LogP contribution in [0.25, 0.3) is 22.6 Å². The van der Waals surface area contributed by atoms with E-state index >= 15 is 0 Å². The van der Waals surface area contributed by atoms with Crippen molar-refractivity contribution in [1.29, 1.82) is 0 Å². The first-order valence-corrected chi connectivity index (χ1v) is 11.0. The highest BCUT2D eigenvalue weighted by atomic mass is 16.5. The molecular formula is C25H30N4O2. The summed E-state index contributed by atoms with van der Waals surface area (Å²) in [7, 11) is 2.16. The van der Waals surface area contributed by atoms with E-state index in [0.29, 0.717) is 18.1 Å². The Morgan fingerprint density at radius 1 is 1.03 bits per heavy atom. The van der Waals surface area contributed by atoms with Gasteiger partial charge in [-0.25, -0.2) is 4.98 Å². The van der Waals surface area contributed by atoms with Crippen molar-refractivity contribution in [3.05, 3.63) is 70.5 Å². The lowest BCUT2D eigenvalue weighted by atomic mass is 10.1. The van der Waals surface area contributed by atoms with Crippen LogP contribution in [-0.4, -0.2) is 59.6 Å². The molecule has 1 N–H and O–H groups in total. The number of nitrogens with zero attached hydrogens (tertiary/aromatic N) is 3. The fraction of sp³-hybridized carbons (Fsp3) is 0.360. The Kier molecular flexibility index (Phi) is 6.79. The Bertz CT molecular complexity index is 1060. The van der Waals surface area contributed by atoms with E-state index in [1.165, 1.54) is 5.56 Å². The summed E-state index contributed by atoms with van der Waals surface area (Å²) < 4.78 is 6.00. The minimum Gasteiger partial charge on any atom is -0.493 e. The van der Waals surface area contributed by atoms with E-state index in [1.54, 1.807) is 6.07 Å². The number of nitrogens with one attached hydrogen (secondary N) is 1. The van der Waals surface area contributed by atoms with Crippen LogP contribution in [0.2, 0.25) is 0 Å². The Balaban J connectivity index is 1.69. The third-order valence-corrected chi connectivity index (χ3v) is 5.57. The molecule has 2 heterocycles. The van der Waals surface area contributed by atoms with E-state index in [2.05, 4.69) is 40.9 Å². The van der Waals surface area contributed by atoms with Gasteiger partial charge in [0.25, 0.3) is 5.56 Å². The Hall–Kier alpha value is -2.96. The van der Waals surface area contributed by atoms with Gasteiger partial charge in [0.1, 0.15) is 11.6 Å². The predicted octanol–water partition coefficient (Wildman–Crippen LogP) is 3.64. The monoisotopic (exact) mass is 418 g/mol. The van der Waals surface area contributed by atoms with Crippen molar-refractivity contribution < 1.29 is 4.74 Å². The molecule has 3 aromatic rings. The summed E-state index contributed by atoms with van der Waals surface area (Å²) >= 11 is 0. The number of piperazine rings is 1. The smallest absolute Gasteiger partial charge is 0.251 e. The second kappa shape index (κ2) is 9.90. The van der Waals surface area contributed by atoms with Gasteiger partial charge in [0, 0.05) is 44.4 Å². The average Bonchev–Trinajstić information content (AvgIpc) is 2.80. The summed E-state index contributed by atoms with van der Waals surface area (Å²) in [6.07, 6.45) is 0.913. The van der Waals surface area contributed by atoms with Gasteiger partial charge in [0.2, 0.25) is 0 Å². The molecule has 0 unspecified atom stereocenters. The van der Waals surface area contributed by atoms with E-state index < -0.39 is 0 Å². The van der Waals surface area contributed by atoms with E-state index in [-0.39, 0.29) is 5.56 Å². The lowest BCUT2D eigenvalue weighted by molar-refractivity contribution is 0.148. The lowest BCUT2D eigenvalue weighted by Crippen LogP contribution is -2.43. The number of benzene rings is 2. The topological polar surface area (TPSA) is 61.5 Å². The predicted molar refractivity (Wildman–Crippen MR) is 124 cm³/mol. The van der Waals surface area contributed by atoms with Crippen molar-refractivity contribution in [2.45, 2.75) is 19.9 Å². The SMILES string of the molecule is CCCOc1ccc(CN2CCN(C)CC2)cc1-c1nc(-c2ccccc2)cc(=O)[nH]1. The molecule has 4 rings (SSSR count). The van der Waals surface area contributed by atoms with Crippen molar-refractivity contribution in [2.75, 3.05) is 39.8 Å². The third-order valence-electron chi connectivity index (χ3n) is 5.57. The van der Waals surface area contributed by atoms with Gasteiger partial charge < -0.3 is 14.6 Å². The molecule has 2 aromatic carbocycles. The second-order valence-electron chi connectivity index (χ2n) is 8.10. The van der Waals surface area contributed by atoms with Crippen LogP contribution < -0.4 is 10.3 Å². The van der Waals surface area contributed by atoms with Crippen LogP contribution in [0.1, 0.15) is 18.9 Å². The van der Waals surface area contributed by atoms with Gasteiger partial charge in [-0.15, -0.1) is 0 Å². The number of rotatable bonds is 7. The van der Waals surface area contributed by atoms with Crippen LogP contribution in [0, 0.1) is 0 Å². The fourth-order valence-electron chi connectivity index (χ4n) is 3.80. The van der Waals surface area contributed by atoms with E-state index in [9.17, 15) is 4.79 Å². The summed E-state index contributed by atoms with van der Waals surface area (Å²) in [4.78, 5) is 25.0. The molecule has 0 spiro atoms. The first kappa shape index (κ1) is 21.3. The molecule has 6 nitrogen and oxygen atoms in total. The molecule has 0 bridgehead atoms. The highest BCUT2D eigenvalue weighted by molar-refractivity contribution is 5.68. The molecule has 1 aliphatic heterocycles. The van der Waals surface area contributed by atoms with Gasteiger partial charge in [0.05, 0.1) is 17.9 Å². The number of hydrogen-bond donors (Lipinski definition) is 1. The molecule has 162 valence electrons. The standard InChI is InChI=1S/C25H30N4O2/c1-3-15-31-23-10-9-19(18-29-13-11-28(2)12-14-29)16-21(23)25-26-22(17-24(30)27-25)20-7-5-4-6-8-20/h4-10,16-17H,3,11-15,18H2,1-2H3,(H,26,27,30). The quantitative estimate of drug-likeness (QED) is 0.635. The summed E-state index contributed by atoms with van der Waals surface area (Å²) in [6.45, 7) is 7.84. The molecule has 0 saturated carbocycles. The van der Waals surface area contributed by atoms with Crippen molar-refractivity contribution in [1.82, 2.24) is 19.8 Å². The molecule has 1 aliphatic rings. The van der Waals surface area contributed by atoms with E-state index in [1.807, 2.05) is 36.4 Å². The van der Waals surface area contributed by atoms with Crippen molar-refractivity contribution in [3.8, 4) is 28.4 Å². The highest BCUT2D eigenvalue weighted by Gasteiger charge is 2.17.